The van der Waals surface area contributed by atoms with Crippen LogP contribution in [0.2, 0.25) is 0 Å². The second-order valence-electron chi connectivity index (χ2n) is 8.51. The average molecular weight is 559 g/mol. The Labute approximate surface area is 212 Å². The molecule has 0 unspecified atom stereocenters. The smallest absolute Gasteiger partial charge is 0.351 e. The third-order valence-electron chi connectivity index (χ3n) is 5.90. The molecule has 202 valence electrons. The molecule has 0 amide bonds. The summed E-state index contributed by atoms with van der Waals surface area (Å²) >= 11 is 0. The molecule has 16 heteroatoms. The van der Waals surface area contributed by atoms with Crippen molar-refractivity contribution in [2.24, 2.45) is 0 Å². The zero-order valence-corrected chi connectivity index (χ0v) is 20.4. The second-order valence-corrected chi connectivity index (χ2v) is 10.5. The van der Waals surface area contributed by atoms with Crippen molar-refractivity contribution < 1.29 is 34.8 Å². The van der Waals surface area contributed by atoms with Gasteiger partial charge in [0, 0.05) is 31.5 Å². The Morgan fingerprint density at radius 3 is 2.34 bits per heavy atom. The molecular weight excluding hydrogens is 540 g/mol. The maximum atomic E-state index is 13.7. The van der Waals surface area contributed by atoms with E-state index in [1.54, 1.807) is 0 Å². The normalized spacial score (nSPS) is 15.8. The van der Waals surface area contributed by atoms with Crippen LogP contribution in [0.15, 0.2) is 36.9 Å². The first kappa shape index (κ1) is 27.3. The fraction of sp³-hybridized carbons (Fsp3) is 0.364. The molecule has 1 fully saturated rings. The SMILES string of the molecule is CS(=O)(=O)N1CCC(Nc2ncc(C(F)(F)F)c(-c3cn(-c4cccc(C#N)c4C(F)(F)F)cn3)n2)CC1. The van der Waals surface area contributed by atoms with Crippen LogP contribution in [-0.2, 0) is 22.4 Å². The van der Waals surface area contributed by atoms with Crippen LogP contribution in [0.5, 0.6) is 0 Å². The average Bonchev–Trinajstić information content (AvgIpc) is 3.32. The first-order valence-electron chi connectivity index (χ1n) is 11.0. The molecule has 2 aromatic heterocycles. The molecule has 0 atom stereocenters. The van der Waals surface area contributed by atoms with E-state index in [-0.39, 0.29) is 30.8 Å². The van der Waals surface area contributed by atoms with E-state index in [2.05, 4.69) is 20.3 Å². The fourth-order valence-corrected chi connectivity index (χ4v) is 4.97. The summed E-state index contributed by atoms with van der Waals surface area (Å²) in [6.07, 6.45) is -5.60. The van der Waals surface area contributed by atoms with E-state index in [0.29, 0.717) is 19.0 Å². The Morgan fingerprint density at radius 2 is 1.76 bits per heavy atom. The first-order chi connectivity index (χ1) is 17.7. The van der Waals surface area contributed by atoms with Gasteiger partial charge in [-0.15, -0.1) is 0 Å². The topological polar surface area (TPSA) is 117 Å². The number of aromatic nitrogens is 4. The van der Waals surface area contributed by atoms with Gasteiger partial charge in [0.1, 0.15) is 17.0 Å². The van der Waals surface area contributed by atoms with Gasteiger partial charge in [0.05, 0.1) is 35.5 Å². The van der Waals surface area contributed by atoms with Crippen LogP contribution in [0.25, 0.3) is 17.1 Å². The number of anilines is 1. The zero-order valence-electron chi connectivity index (χ0n) is 19.5. The maximum Gasteiger partial charge on any atom is 0.420 e. The Kier molecular flexibility index (Phi) is 7.10. The van der Waals surface area contributed by atoms with Crippen molar-refractivity contribution in [1.82, 2.24) is 23.8 Å². The number of hydrogen-bond acceptors (Lipinski definition) is 7. The van der Waals surface area contributed by atoms with Crippen molar-refractivity contribution in [3.05, 3.63) is 53.6 Å². The Balaban J connectivity index is 1.69. The molecule has 0 aliphatic carbocycles. The second kappa shape index (κ2) is 9.87. The molecule has 38 heavy (non-hydrogen) atoms. The number of piperidine rings is 1. The number of hydrogen-bond donors (Lipinski definition) is 1. The predicted molar refractivity (Wildman–Crippen MR) is 122 cm³/mol. The lowest BCUT2D eigenvalue weighted by molar-refractivity contribution is -0.138. The lowest BCUT2D eigenvalue weighted by atomic mass is 10.1. The van der Waals surface area contributed by atoms with E-state index in [4.69, 9.17) is 5.26 Å². The van der Waals surface area contributed by atoms with Crippen molar-refractivity contribution in [2.45, 2.75) is 31.2 Å². The number of nitrogens with one attached hydrogen (secondary N) is 1. The monoisotopic (exact) mass is 559 g/mol. The Morgan fingerprint density at radius 1 is 1.08 bits per heavy atom. The highest BCUT2D eigenvalue weighted by Gasteiger charge is 2.38. The van der Waals surface area contributed by atoms with E-state index in [9.17, 15) is 34.8 Å². The highest BCUT2D eigenvalue weighted by Crippen LogP contribution is 2.38. The third kappa shape index (κ3) is 5.73. The van der Waals surface area contributed by atoms with Gasteiger partial charge in [-0.1, -0.05) is 6.07 Å². The van der Waals surface area contributed by atoms with Crippen LogP contribution in [0, 0.1) is 11.3 Å². The van der Waals surface area contributed by atoms with E-state index < -0.39 is 50.4 Å². The van der Waals surface area contributed by atoms with Gasteiger partial charge in [0.15, 0.2) is 0 Å². The molecule has 0 bridgehead atoms. The van der Waals surface area contributed by atoms with Gasteiger partial charge in [-0.25, -0.2) is 27.7 Å². The minimum Gasteiger partial charge on any atom is -0.351 e. The zero-order chi connectivity index (χ0) is 27.9. The largest absolute Gasteiger partial charge is 0.420 e. The summed E-state index contributed by atoms with van der Waals surface area (Å²) in [5.41, 5.74) is -4.68. The molecule has 3 heterocycles. The van der Waals surface area contributed by atoms with E-state index in [1.165, 1.54) is 16.4 Å². The Hall–Kier alpha value is -3.71. The molecule has 1 aromatic carbocycles. The lowest BCUT2D eigenvalue weighted by Crippen LogP contribution is -2.42. The molecule has 0 saturated carbocycles. The molecule has 1 aliphatic rings. The first-order valence-corrected chi connectivity index (χ1v) is 12.8. The van der Waals surface area contributed by atoms with E-state index in [0.717, 1.165) is 35.5 Å². The van der Waals surface area contributed by atoms with Crippen LogP contribution < -0.4 is 5.32 Å². The van der Waals surface area contributed by atoms with Crippen LogP contribution in [0.1, 0.15) is 29.5 Å². The van der Waals surface area contributed by atoms with Gasteiger partial charge in [-0.05, 0) is 25.0 Å². The summed E-state index contributed by atoms with van der Waals surface area (Å²) in [6.45, 7) is 0.412. The number of alkyl halides is 6. The van der Waals surface area contributed by atoms with E-state index in [1.807, 2.05) is 0 Å². The van der Waals surface area contributed by atoms with Gasteiger partial charge in [-0.2, -0.15) is 31.6 Å². The van der Waals surface area contributed by atoms with Crippen molar-refractivity contribution >= 4 is 16.0 Å². The molecule has 9 nitrogen and oxygen atoms in total. The van der Waals surface area contributed by atoms with Crippen LogP contribution in [0.4, 0.5) is 32.3 Å². The number of sulfonamides is 1. The maximum absolute atomic E-state index is 13.7. The summed E-state index contributed by atoms with van der Waals surface area (Å²) < 4.78 is 108. The Bertz CT molecular complexity index is 1490. The molecule has 1 N–H and O–H groups in total. The molecule has 1 saturated heterocycles. The quantitative estimate of drug-likeness (QED) is 0.469. The highest BCUT2D eigenvalue weighted by molar-refractivity contribution is 7.88. The number of imidazole rings is 1. The number of nitriles is 1. The summed E-state index contributed by atoms with van der Waals surface area (Å²) in [5.74, 6) is -0.178. The lowest BCUT2D eigenvalue weighted by Gasteiger charge is -2.30. The molecule has 3 aromatic rings. The van der Waals surface area contributed by atoms with Gasteiger partial charge < -0.3 is 9.88 Å². The molecule has 1 aliphatic heterocycles. The molecule has 0 radical (unpaired) electrons. The van der Waals surface area contributed by atoms with Crippen LogP contribution in [-0.4, -0.2) is 57.6 Å². The third-order valence-corrected chi connectivity index (χ3v) is 7.20. The van der Waals surface area contributed by atoms with Gasteiger partial charge >= 0.3 is 12.4 Å². The molecule has 4 rings (SSSR count). The van der Waals surface area contributed by atoms with Crippen molar-refractivity contribution in [3.8, 4) is 23.1 Å². The van der Waals surface area contributed by atoms with Crippen molar-refractivity contribution in [2.75, 3.05) is 24.7 Å². The standard InChI is InChI=1S/C22H19F6N7O2S/c1-38(36,37)35-7-5-14(6-8-35)32-20-30-10-15(21(23,24)25)19(33-20)16-11-34(12-31-16)17-4-2-3-13(9-29)18(17)22(26,27)28/h2-4,10-12,14H,5-8H2,1H3,(H,30,32,33). The minimum absolute atomic E-state index is 0.178. The fourth-order valence-electron chi connectivity index (χ4n) is 4.09. The molecule has 0 spiro atoms. The summed E-state index contributed by atoms with van der Waals surface area (Å²) in [5, 5.41) is 12.0. The molecular formula is C22H19F6N7O2S. The predicted octanol–water partition coefficient (Wildman–Crippen LogP) is 4.07. The van der Waals surface area contributed by atoms with Gasteiger partial charge in [0.25, 0.3) is 0 Å². The summed E-state index contributed by atoms with van der Waals surface area (Å²) in [7, 11) is -3.37. The minimum atomic E-state index is -4.91. The van der Waals surface area contributed by atoms with E-state index >= 15 is 0 Å². The van der Waals surface area contributed by atoms with Crippen molar-refractivity contribution in [1.29, 1.82) is 5.26 Å². The number of benzene rings is 1. The number of nitrogens with zero attached hydrogens (tertiary/aromatic N) is 6. The van der Waals surface area contributed by atoms with Crippen molar-refractivity contribution in [3.63, 3.8) is 0 Å². The number of halogens is 6. The van der Waals surface area contributed by atoms with Crippen LogP contribution in [0.3, 0.4) is 0 Å². The summed E-state index contributed by atoms with van der Waals surface area (Å²) in [4.78, 5) is 11.6. The number of rotatable bonds is 5. The van der Waals surface area contributed by atoms with Crippen LogP contribution >= 0.6 is 0 Å². The van der Waals surface area contributed by atoms with Gasteiger partial charge in [0.2, 0.25) is 16.0 Å². The van der Waals surface area contributed by atoms with Gasteiger partial charge in [-0.3, -0.25) is 0 Å². The summed E-state index contributed by atoms with van der Waals surface area (Å²) in [6, 6.07) is 4.41. The highest BCUT2D eigenvalue weighted by atomic mass is 32.2.